The van der Waals surface area contributed by atoms with Gasteiger partial charge in [0.1, 0.15) is 0 Å². The van der Waals surface area contributed by atoms with Gasteiger partial charge >= 0.3 is 0 Å². The highest BCUT2D eigenvalue weighted by Crippen LogP contribution is 2.07. The molecule has 1 aromatic heterocycles. The molecule has 0 saturated heterocycles. The number of rotatable bonds is 4. The Labute approximate surface area is 108 Å². The second-order valence-electron chi connectivity index (χ2n) is 3.45. The normalized spacial score (nSPS) is 9.50. The van der Waals surface area contributed by atoms with Crippen LogP contribution in [0, 0.1) is 0 Å². The van der Waals surface area contributed by atoms with E-state index in [1.165, 1.54) is 5.56 Å². The van der Waals surface area contributed by atoms with E-state index in [0.29, 0.717) is 18.4 Å². The van der Waals surface area contributed by atoms with E-state index in [1.54, 1.807) is 4.68 Å². The maximum atomic E-state index is 5.67. The van der Waals surface area contributed by atoms with E-state index in [1.807, 2.05) is 51.1 Å². The highest BCUT2D eigenvalue weighted by molar-refractivity contribution is 5.32. The van der Waals surface area contributed by atoms with E-state index < -0.39 is 0 Å². The first-order valence-electron chi connectivity index (χ1n) is 6.27. The van der Waals surface area contributed by atoms with Gasteiger partial charge in [0.15, 0.2) is 0 Å². The monoisotopic (exact) mass is 247 g/mol. The second kappa shape index (κ2) is 7.32. The van der Waals surface area contributed by atoms with Crippen LogP contribution in [0.2, 0.25) is 0 Å². The average molecular weight is 247 g/mol. The summed E-state index contributed by atoms with van der Waals surface area (Å²) in [6.07, 6.45) is 0. The van der Waals surface area contributed by atoms with E-state index >= 15 is 0 Å². The Morgan fingerprint density at radius 1 is 1.22 bits per heavy atom. The number of hydrogen-bond donors (Lipinski definition) is 2. The van der Waals surface area contributed by atoms with Gasteiger partial charge in [-0.1, -0.05) is 44.2 Å². The van der Waals surface area contributed by atoms with Gasteiger partial charge in [-0.3, -0.25) is 0 Å². The summed E-state index contributed by atoms with van der Waals surface area (Å²) in [7, 11) is 0. The van der Waals surface area contributed by atoms with Crippen LogP contribution in [0.4, 0.5) is 11.9 Å². The smallest absolute Gasteiger partial charge is 0.244 e. The number of nitrogens with two attached hydrogens (primary N) is 1. The van der Waals surface area contributed by atoms with Crippen LogP contribution < -0.4 is 11.1 Å². The van der Waals surface area contributed by atoms with Crippen molar-refractivity contribution < 1.29 is 0 Å². The zero-order valence-electron chi connectivity index (χ0n) is 11.2. The van der Waals surface area contributed by atoms with E-state index in [4.69, 9.17) is 5.73 Å². The summed E-state index contributed by atoms with van der Waals surface area (Å²) < 4.78 is 1.66. The van der Waals surface area contributed by atoms with Crippen molar-refractivity contribution in [2.75, 3.05) is 11.1 Å². The van der Waals surface area contributed by atoms with Crippen molar-refractivity contribution in [3.05, 3.63) is 35.9 Å². The first-order valence-corrected chi connectivity index (χ1v) is 6.27. The molecule has 2 aromatic rings. The number of aromatic nitrogens is 3. The highest BCUT2D eigenvalue weighted by atomic mass is 15.4. The zero-order valence-corrected chi connectivity index (χ0v) is 11.2. The summed E-state index contributed by atoms with van der Waals surface area (Å²) in [5, 5.41) is 7.35. The molecule has 5 nitrogen and oxygen atoms in total. The molecule has 0 aliphatic rings. The lowest BCUT2D eigenvalue weighted by Crippen LogP contribution is -2.03. The molecule has 0 bridgehead atoms. The van der Waals surface area contributed by atoms with Crippen LogP contribution in [-0.2, 0) is 13.1 Å². The number of nitrogens with zero attached hydrogens (tertiary/aromatic N) is 3. The Hall–Kier alpha value is -2.04. The second-order valence-corrected chi connectivity index (χ2v) is 3.45. The predicted octanol–water partition coefficient (Wildman–Crippen LogP) is 2.52. The first kappa shape index (κ1) is 14.0. The van der Waals surface area contributed by atoms with Crippen molar-refractivity contribution in [2.24, 2.45) is 0 Å². The van der Waals surface area contributed by atoms with E-state index in [0.717, 1.165) is 6.54 Å². The largest absolute Gasteiger partial charge is 0.368 e. The topological polar surface area (TPSA) is 68.8 Å². The van der Waals surface area contributed by atoms with Crippen LogP contribution >= 0.6 is 0 Å². The molecule has 2 rings (SSSR count). The van der Waals surface area contributed by atoms with Gasteiger partial charge in [0, 0.05) is 13.1 Å². The van der Waals surface area contributed by atoms with Crippen LogP contribution in [0.15, 0.2) is 30.3 Å². The molecule has 0 aliphatic heterocycles. The Kier molecular flexibility index (Phi) is 5.70. The Morgan fingerprint density at radius 3 is 2.44 bits per heavy atom. The van der Waals surface area contributed by atoms with Gasteiger partial charge in [0.25, 0.3) is 0 Å². The van der Waals surface area contributed by atoms with E-state index in [9.17, 15) is 0 Å². The zero-order chi connectivity index (χ0) is 13.4. The van der Waals surface area contributed by atoms with Crippen molar-refractivity contribution in [1.82, 2.24) is 14.8 Å². The maximum Gasteiger partial charge on any atom is 0.244 e. The minimum Gasteiger partial charge on any atom is -0.368 e. The molecular weight excluding hydrogens is 226 g/mol. The summed E-state index contributed by atoms with van der Waals surface area (Å²) in [6.45, 7) is 7.41. The highest BCUT2D eigenvalue weighted by Gasteiger charge is 2.04. The quantitative estimate of drug-likeness (QED) is 0.871. The molecule has 3 N–H and O–H groups in total. The Balaban J connectivity index is 0.000000771. The van der Waals surface area contributed by atoms with Gasteiger partial charge in [0.2, 0.25) is 11.9 Å². The molecule has 0 aliphatic carbocycles. The lowest BCUT2D eigenvalue weighted by Gasteiger charge is -2.00. The lowest BCUT2D eigenvalue weighted by molar-refractivity contribution is 0.670. The molecule has 98 valence electrons. The van der Waals surface area contributed by atoms with Crippen LogP contribution in [-0.4, -0.2) is 14.8 Å². The van der Waals surface area contributed by atoms with Crippen molar-refractivity contribution in [3.63, 3.8) is 0 Å². The van der Waals surface area contributed by atoms with Crippen molar-refractivity contribution >= 4 is 11.9 Å². The third kappa shape index (κ3) is 3.76. The maximum absolute atomic E-state index is 5.67. The first-order chi connectivity index (χ1) is 8.79. The molecule has 0 radical (unpaired) electrons. The minimum atomic E-state index is 0.443. The standard InChI is InChI=1S/C11H15N5.C2H6/c1-2-16-10(12)14-11(15-16)13-8-9-6-4-3-5-7-9;1-2/h3-7H,2,8H2,1H3,(H3,12,13,14,15);1-2H3. The third-order valence-electron chi connectivity index (χ3n) is 2.29. The SMILES string of the molecule is CC.CCn1nc(NCc2ccccc2)nc1N. The lowest BCUT2D eigenvalue weighted by atomic mass is 10.2. The van der Waals surface area contributed by atoms with Crippen molar-refractivity contribution in [1.29, 1.82) is 0 Å². The van der Waals surface area contributed by atoms with Gasteiger partial charge in [-0.25, -0.2) is 4.68 Å². The molecule has 0 atom stereocenters. The summed E-state index contributed by atoms with van der Waals surface area (Å²) in [6, 6.07) is 10.1. The molecule has 5 heteroatoms. The number of hydrogen-bond acceptors (Lipinski definition) is 4. The van der Waals surface area contributed by atoms with Gasteiger partial charge < -0.3 is 11.1 Å². The minimum absolute atomic E-state index is 0.443. The van der Waals surface area contributed by atoms with Crippen LogP contribution in [0.1, 0.15) is 26.3 Å². The van der Waals surface area contributed by atoms with Gasteiger partial charge in [-0.05, 0) is 12.5 Å². The Bertz CT molecular complexity index is 450. The molecule has 18 heavy (non-hydrogen) atoms. The fourth-order valence-corrected chi connectivity index (χ4v) is 1.44. The number of nitrogens with one attached hydrogen (secondary N) is 1. The van der Waals surface area contributed by atoms with Gasteiger partial charge in [0.05, 0.1) is 0 Å². The Morgan fingerprint density at radius 2 is 1.89 bits per heavy atom. The van der Waals surface area contributed by atoms with E-state index in [-0.39, 0.29) is 0 Å². The summed E-state index contributed by atoms with van der Waals surface area (Å²) in [4.78, 5) is 4.12. The van der Waals surface area contributed by atoms with Crippen molar-refractivity contribution in [2.45, 2.75) is 33.9 Å². The van der Waals surface area contributed by atoms with Crippen molar-refractivity contribution in [3.8, 4) is 0 Å². The number of anilines is 2. The summed E-state index contributed by atoms with van der Waals surface area (Å²) >= 11 is 0. The van der Waals surface area contributed by atoms with Crippen LogP contribution in [0.5, 0.6) is 0 Å². The van der Waals surface area contributed by atoms with Gasteiger partial charge in [-0.2, -0.15) is 4.98 Å². The number of aryl methyl sites for hydroxylation is 1. The summed E-state index contributed by atoms with van der Waals surface area (Å²) in [5.74, 6) is 1.02. The average Bonchev–Trinajstić information content (AvgIpc) is 2.80. The van der Waals surface area contributed by atoms with Crippen LogP contribution in [0.3, 0.4) is 0 Å². The molecule has 0 amide bonds. The molecule has 0 spiro atoms. The van der Waals surface area contributed by atoms with Crippen LogP contribution in [0.25, 0.3) is 0 Å². The third-order valence-corrected chi connectivity index (χ3v) is 2.29. The summed E-state index contributed by atoms with van der Waals surface area (Å²) in [5.41, 5.74) is 6.86. The fourth-order valence-electron chi connectivity index (χ4n) is 1.44. The molecule has 0 fully saturated rings. The number of nitrogen functional groups attached to an aromatic ring is 1. The molecular formula is C13H21N5. The number of benzene rings is 1. The van der Waals surface area contributed by atoms with Gasteiger partial charge in [-0.15, -0.1) is 5.10 Å². The molecule has 1 heterocycles. The van der Waals surface area contributed by atoms with E-state index in [2.05, 4.69) is 15.4 Å². The molecule has 1 aromatic carbocycles. The molecule has 0 unspecified atom stereocenters. The molecule has 0 saturated carbocycles. The predicted molar refractivity (Wildman–Crippen MR) is 75.2 cm³/mol. The fraction of sp³-hybridized carbons (Fsp3) is 0.385.